The van der Waals surface area contributed by atoms with Gasteiger partial charge in [-0.2, -0.15) is 0 Å². The number of nitrogens with zero attached hydrogens (tertiary/aromatic N) is 8. The molecule has 12 nitrogen and oxygen atoms in total. The van der Waals surface area contributed by atoms with Crippen LogP contribution in [-0.2, 0) is 14.1 Å². The summed E-state index contributed by atoms with van der Waals surface area (Å²) in [5, 5.41) is 28.4. The van der Waals surface area contributed by atoms with Crippen LogP contribution < -0.4 is 10.6 Å². The van der Waals surface area contributed by atoms with Gasteiger partial charge in [0.25, 0.3) is 11.8 Å². The topological polar surface area (TPSA) is 145 Å². The van der Waals surface area contributed by atoms with Crippen molar-refractivity contribution in [3.8, 4) is 22.8 Å². The summed E-state index contributed by atoms with van der Waals surface area (Å²) in [6.45, 7) is 3.97. The van der Waals surface area contributed by atoms with Crippen molar-refractivity contribution in [2.75, 3.05) is 10.6 Å². The van der Waals surface area contributed by atoms with Crippen LogP contribution in [0.1, 0.15) is 31.8 Å². The first-order valence-electron chi connectivity index (χ1n) is 13.7. The van der Waals surface area contributed by atoms with Gasteiger partial charge in [-0.15, -0.1) is 10.2 Å². The molecule has 44 heavy (non-hydrogen) atoms. The zero-order valence-corrected chi connectivity index (χ0v) is 24.6. The van der Waals surface area contributed by atoms with E-state index in [-0.39, 0.29) is 11.8 Å². The molecule has 0 saturated carbocycles. The van der Waals surface area contributed by atoms with E-state index in [1.807, 2.05) is 86.6 Å². The summed E-state index contributed by atoms with van der Waals surface area (Å²) in [6.07, 6.45) is 0. The SMILES string of the molecule is Cc1cccc(NC(=O)c2ccc(-c3nnnn3C)cc2)c1.Cc1cccc(NC(=O)c2ccc(-c3nnnn3C)cc2)c1. The molecule has 0 radical (unpaired) electrons. The largest absolute Gasteiger partial charge is 0.322 e. The standard InChI is InChI=1S/2C16H15N5O/c2*1-11-4-3-5-14(10-11)17-16(22)13-8-6-12(7-9-13)15-18-19-20-21(15)2/h2*3-10H,1-2H3,(H,17,22). The number of anilines is 2. The number of benzene rings is 4. The van der Waals surface area contributed by atoms with Gasteiger partial charge < -0.3 is 10.6 Å². The van der Waals surface area contributed by atoms with Gasteiger partial charge in [-0.05, 0) is 94.4 Å². The van der Waals surface area contributed by atoms with Crippen LogP contribution in [-0.4, -0.2) is 52.2 Å². The first-order chi connectivity index (χ1) is 21.3. The van der Waals surface area contributed by atoms with Crippen LogP contribution >= 0.6 is 0 Å². The van der Waals surface area contributed by atoms with Gasteiger partial charge in [0.2, 0.25) is 0 Å². The van der Waals surface area contributed by atoms with Crippen molar-refractivity contribution in [2.45, 2.75) is 13.8 Å². The summed E-state index contributed by atoms with van der Waals surface area (Å²) in [5.74, 6) is 1.03. The number of hydrogen-bond donors (Lipinski definition) is 2. The highest BCUT2D eigenvalue weighted by Gasteiger charge is 2.11. The smallest absolute Gasteiger partial charge is 0.255 e. The average molecular weight is 587 g/mol. The predicted octanol–water partition coefficient (Wildman–Crippen LogP) is 4.88. The van der Waals surface area contributed by atoms with Crippen LogP contribution in [0.3, 0.4) is 0 Å². The Morgan fingerprint density at radius 3 is 1.27 bits per heavy atom. The molecule has 2 N–H and O–H groups in total. The van der Waals surface area contributed by atoms with E-state index in [1.54, 1.807) is 47.7 Å². The predicted molar refractivity (Wildman–Crippen MR) is 167 cm³/mol. The maximum atomic E-state index is 12.2. The molecule has 0 atom stereocenters. The van der Waals surface area contributed by atoms with Crippen LogP contribution in [0.15, 0.2) is 97.1 Å². The van der Waals surface area contributed by atoms with Crippen molar-refractivity contribution in [1.29, 1.82) is 0 Å². The number of rotatable bonds is 6. The number of nitrogens with one attached hydrogen (secondary N) is 2. The Hall–Kier alpha value is -6.04. The maximum absolute atomic E-state index is 12.2. The summed E-state index contributed by atoms with van der Waals surface area (Å²) in [4.78, 5) is 24.5. The zero-order valence-electron chi connectivity index (χ0n) is 24.6. The average Bonchev–Trinajstić information content (AvgIpc) is 3.65. The highest BCUT2D eigenvalue weighted by molar-refractivity contribution is 6.05. The fraction of sp³-hybridized carbons (Fsp3) is 0.125. The molecule has 0 spiro atoms. The lowest BCUT2D eigenvalue weighted by molar-refractivity contribution is 0.101. The highest BCUT2D eigenvalue weighted by Crippen LogP contribution is 2.18. The van der Waals surface area contributed by atoms with Gasteiger partial charge in [-0.3, -0.25) is 9.59 Å². The normalized spacial score (nSPS) is 10.5. The molecule has 0 fully saturated rings. The van der Waals surface area contributed by atoms with E-state index < -0.39 is 0 Å². The molecule has 4 aromatic carbocycles. The van der Waals surface area contributed by atoms with E-state index in [9.17, 15) is 9.59 Å². The van der Waals surface area contributed by atoms with Gasteiger partial charge >= 0.3 is 0 Å². The second kappa shape index (κ2) is 13.3. The van der Waals surface area contributed by atoms with E-state index in [1.165, 1.54) is 0 Å². The fourth-order valence-corrected chi connectivity index (χ4v) is 4.34. The molecule has 6 rings (SSSR count). The molecule has 0 unspecified atom stereocenters. The van der Waals surface area contributed by atoms with E-state index in [4.69, 9.17) is 0 Å². The van der Waals surface area contributed by atoms with Crippen molar-refractivity contribution in [3.63, 3.8) is 0 Å². The monoisotopic (exact) mass is 586 g/mol. The Bertz CT molecular complexity index is 1750. The minimum atomic E-state index is -0.145. The zero-order chi connectivity index (χ0) is 31.1. The third-order valence-corrected chi connectivity index (χ3v) is 6.60. The van der Waals surface area contributed by atoms with Gasteiger partial charge in [0.05, 0.1) is 0 Å². The Balaban J connectivity index is 0.000000175. The molecule has 220 valence electrons. The second-order valence-corrected chi connectivity index (χ2v) is 10.1. The Kier molecular flexibility index (Phi) is 8.90. The van der Waals surface area contributed by atoms with Crippen molar-refractivity contribution in [1.82, 2.24) is 40.4 Å². The van der Waals surface area contributed by atoms with Gasteiger partial charge in [0.1, 0.15) is 0 Å². The second-order valence-electron chi connectivity index (χ2n) is 10.1. The minimum Gasteiger partial charge on any atom is -0.322 e. The summed E-state index contributed by atoms with van der Waals surface area (Å²) < 4.78 is 3.17. The summed E-state index contributed by atoms with van der Waals surface area (Å²) >= 11 is 0. The molecule has 0 aliphatic carbocycles. The molecule has 0 saturated heterocycles. The van der Waals surface area contributed by atoms with E-state index in [0.717, 1.165) is 33.6 Å². The molecule has 0 bridgehead atoms. The Labute approximate surface area is 253 Å². The van der Waals surface area contributed by atoms with E-state index in [0.29, 0.717) is 22.8 Å². The summed E-state index contributed by atoms with van der Waals surface area (Å²) in [5.41, 5.74) is 6.66. The van der Waals surface area contributed by atoms with Gasteiger partial charge in [-0.25, -0.2) is 9.36 Å². The number of amides is 2. The molecular formula is C32H30N10O2. The van der Waals surface area contributed by atoms with Gasteiger partial charge in [-0.1, -0.05) is 48.5 Å². The molecule has 0 aliphatic rings. The molecule has 0 aliphatic heterocycles. The molecule has 2 heterocycles. The number of carbonyl (C=O) groups is 2. The third kappa shape index (κ3) is 7.23. The first kappa shape index (κ1) is 29.5. The lowest BCUT2D eigenvalue weighted by Crippen LogP contribution is -2.11. The molecule has 2 aromatic heterocycles. The molecular weight excluding hydrogens is 556 g/mol. The number of aryl methyl sites for hydroxylation is 4. The van der Waals surface area contributed by atoms with E-state index in [2.05, 4.69) is 41.7 Å². The van der Waals surface area contributed by atoms with E-state index >= 15 is 0 Å². The molecule has 12 heteroatoms. The highest BCUT2D eigenvalue weighted by atomic mass is 16.2. The lowest BCUT2D eigenvalue weighted by Gasteiger charge is -2.06. The van der Waals surface area contributed by atoms with Crippen molar-refractivity contribution >= 4 is 23.2 Å². The quantitative estimate of drug-likeness (QED) is 0.281. The number of aromatic nitrogens is 8. The Morgan fingerprint density at radius 1 is 0.568 bits per heavy atom. The fourth-order valence-electron chi connectivity index (χ4n) is 4.34. The first-order valence-corrected chi connectivity index (χ1v) is 13.7. The number of tetrazole rings is 2. The Morgan fingerprint density at radius 2 is 0.955 bits per heavy atom. The van der Waals surface area contributed by atoms with Crippen LogP contribution in [0, 0.1) is 13.8 Å². The van der Waals surface area contributed by atoms with Gasteiger partial charge in [0.15, 0.2) is 11.6 Å². The number of carbonyl (C=O) groups excluding carboxylic acids is 2. The number of hydrogen-bond acceptors (Lipinski definition) is 8. The minimum absolute atomic E-state index is 0.145. The maximum Gasteiger partial charge on any atom is 0.255 e. The van der Waals surface area contributed by atoms with Crippen LogP contribution in [0.5, 0.6) is 0 Å². The van der Waals surface area contributed by atoms with Crippen molar-refractivity contribution in [3.05, 3.63) is 119 Å². The lowest BCUT2D eigenvalue weighted by atomic mass is 10.1. The van der Waals surface area contributed by atoms with Crippen molar-refractivity contribution in [2.24, 2.45) is 14.1 Å². The van der Waals surface area contributed by atoms with Crippen LogP contribution in [0.25, 0.3) is 22.8 Å². The van der Waals surface area contributed by atoms with Gasteiger partial charge in [0, 0.05) is 47.7 Å². The molecule has 6 aromatic rings. The molecule has 2 amide bonds. The van der Waals surface area contributed by atoms with Crippen LogP contribution in [0.4, 0.5) is 11.4 Å². The summed E-state index contributed by atoms with van der Waals surface area (Å²) in [7, 11) is 3.54. The van der Waals surface area contributed by atoms with Crippen molar-refractivity contribution < 1.29 is 9.59 Å². The van der Waals surface area contributed by atoms with Crippen LogP contribution in [0.2, 0.25) is 0 Å². The summed E-state index contributed by atoms with van der Waals surface area (Å²) in [6, 6.07) is 29.7. The third-order valence-electron chi connectivity index (χ3n) is 6.60.